The molecule has 6 nitrogen and oxygen atoms in total. The van der Waals surface area contributed by atoms with Gasteiger partial charge in [-0.05, 0) is 38.5 Å². The van der Waals surface area contributed by atoms with Crippen LogP contribution in [0.2, 0.25) is 0 Å². The van der Waals surface area contributed by atoms with Crippen molar-refractivity contribution < 1.29 is 17.9 Å². The summed E-state index contributed by atoms with van der Waals surface area (Å²) >= 11 is 0. The van der Waals surface area contributed by atoms with Gasteiger partial charge in [-0.1, -0.05) is 6.92 Å². The molecule has 21 heavy (non-hydrogen) atoms. The van der Waals surface area contributed by atoms with Crippen molar-refractivity contribution >= 4 is 21.7 Å². The largest absolute Gasteiger partial charge is 0.465 e. The summed E-state index contributed by atoms with van der Waals surface area (Å²) in [7, 11) is -1.14. The van der Waals surface area contributed by atoms with Crippen LogP contribution >= 0.6 is 0 Å². The predicted molar refractivity (Wildman–Crippen MR) is 81.5 cm³/mol. The van der Waals surface area contributed by atoms with E-state index in [1.54, 1.807) is 0 Å². The molecule has 0 radical (unpaired) electrons. The quantitative estimate of drug-likeness (QED) is 0.662. The maximum absolute atomic E-state index is 12.8. The van der Waals surface area contributed by atoms with Crippen LogP contribution < -0.4 is 5.73 Å². The minimum absolute atomic E-state index is 0.0590. The average molecular weight is 314 g/mol. The number of nitrogens with two attached hydrogens (primary N) is 1. The number of carbonyl (C=O) groups excluding carboxylic acids is 1. The molecule has 118 valence electrons. The molecule has 0 bridgehead atoms. The van der Waals surface area contributed by atoms with E-state index in [2.05, 4.69) is 4.74 Å². The van der Waals surface area contributed by atoms with Crippen molar-refractivity contribution in [3.63, 3.8) is 0 Å². The van der Waals surface area contributed by atoms with E-state index in [9.17, 15) is 13.2 Å². The van der Waals surface area contributed by atoms with Crippen LogP contribution in [0.15, 0.2) is 23.1 Å². The smallest absolute Gasteiger partial charge is 0.339 e. The molecule has 0 heterocycles. The topological polar surface area (TPSA) is 89.7 Å². The first-order chi connectivity index (χ1) is 9.57. The van der Waals surface area contributed by atoms with Gasteiger partial charge in [0.15, 0.2) is 0 Å². The number of rotatable bonds is 5. The molecule has 0 amide bonds. The first kappa shape index (κ1) is 17.5. The van der Waals surface area contributed by atoms with Gasteiger partial charge in [0.2, 0.25) is 10.0 Å². The Labute approximate surface area is 125 Å². The Hall–Kier alpha value is -1.60. The number of nitrogens with zero attached hydrogens (tertiary/aromatic N) is 1. The third-order valence-corrected chi connectivity index (χ3v) is 5.89. The van der Waals surface area contributed by atoms with E-state index in [0.29, 0.717) is 12.1 Å². The fourth-order valence-corrected chi connectivity index (χ4v) is 3.47. The summed E-state index contributed by atoms with van der Waals surface area (Å²) in [6.07, 6.45) is 0.630. The number of nitrogen functional groups attached to an aromatic ring is 1. The van der Waals surface area contributed by atoms with Crippen molar-refractivity contribution in [1.29, 1.82) is 0 Å². The predicted octanol–water partition coefficient (Wildman–Crippen LogP) is 1.86. The number of ether oxygens (including phenoxy) is 1. The number of benzene rings is 1. The SMILES string of the molecule is CCC(C)(C)N(C)S(=O)(=O)c1ccc(N)cc1C(=O)OC. The van der Waals surface area contributed by atoms with Crippen LogP contribution in [0, 0.1) is 0 Å². The maximum atomic E-state index is 12.8. The second-order valence-corrected chi connectivity index (χ2v) is 7.32. The highest BCUT2D eigenvalue weighted by Gasteiger charge is 2.35. The molecule has 1 aromatic rings. The van der Waals surface area contributed by atoms with Gasteiger partial charge < -0.3 is 10.5 Å². The summed E-state index contributed by atoms with van der Waals surface area (Å²) in [5.41, 5.74) is 5.30. The van der Waals surface area contributed by atoms with Crippen LogP contribution in [-0.4, -0.2) is 38.4 Å². The van der Waals surface area contributed by atoms with E-state index in [1.165, 1.54) is 36.7 Å². The monoisotopic (exact) mass is 314 g/mol. The van der Waals surface area contributed by atoms with Gasteiger partial charge >= 0.3 is 5.97 Å². The Morgan fingerprint density at radius 3 is 2.43 bits per heavy atom. The first-order valence-electron chi connectivity index (χ1n) is 6.54. The summed E-state index contributed by atoms with van der Waals surface area (Å²) < 4.78 is 31.4. The number of anilines is 1. The second-order valence-electron chi connectivity index (χ2n) is 5.39. The van der Waals surface area contributed by atoms with Crippen molar-refractivity contribution in [2.45, 2.75) is 37.6 Å². The minimum Gasteiger partial charge on any atom is -0.465 e. The second kappa shape index (κ2) is 6.03. The third kappa shape index (κ3) is 3.36. The molecule has 1 rings (SSSR count). The average Bonchev–Trinajstić information content (AvgIpc) is 2.45. The van der Waals surface area contributed by atoms with Crippen molar-refractivity contribution in [3.8, 4) is 0 Å². The fourth-order valence-electron chi connectivity index (χ4n) is 1.74. The number of carbonyl (C=O) groups is 1. The van der Waals surface area contributed by atoms with Crippen LogP contribution in [0.25, 0.3) is 0 Å². The zero-order chi connectivity index (χ0) is 16.4. The van der Waals surface area contributed by atoms with Gasteiger partial charge in [0.1, 0.15) is 0 Å². The Bertz CT molecular complexity index is 638. The summed E-state index contributed by atoms with van der Waals surface area (Å²) in [5, 5.41) is 0. The molecule has 7 heteroatoms. The lowest BCUT2D eigenvalue weighted by atomic mass is 10.0. The number of sulfonamides is 1. The van der Waals surface area contributed by atoms with Crippen LogP contribution in [0.4, 0.5) is 5.69 Å². The standard InChI is InChI=1S/C14H22N2O4S/c1-6-14(2,3)16(4)21(18,19)12-8-7-10(15)9-11(12)13(17)20-5/h7-9H,6,15H2,1-5H3. The van der Waals surface area contributed by atoms with Crippen LogP contribution in [0.5, 0.6) is 0 Å². The zero-order valence-corrected chi connectivity index (χ0v) is 13.8. The highest BCUT2D eigenvalue weighted by molar-refractivity contribution is 7.89. The molecule has 0 aliphatic carbocycles. The van der Waals surface area contributed by atoms with Crippen molar-refractivity contribution in [1.82, 2.24) is 4.31 Å². The molecule has 0 aliphatic rings. The normalized spacial score (nSPS) is 12.5. The first-order valence-corrected chi connectivity index (χ1v) is 7.98. The highest BCUT2D eigenvalue weighted by atomic mass is 32.2. The summed E-state index contributed by atoms with van der Waals surface area (Å²) in [5.74, 6) is -0.733. The Morgan fingerprint density at radius 1 is 1.38 bits per heavy atom. The zero-order valence-electron chi connectivity index (χ0n) is 13.0. The van der Waals surface area contributed by atoms with E-state index in [1.807, 2.05) is 20.8 Å². The van der Waals surface area contributed by atoms with Gasteiger partial charge in [-0.25, -0.2) is 13.2 Å². The van der Waals surface area contributed by atoms with E-state index >= 15 is 0 Å². The Morgan fingerprint density at radius 2 is 1.95 bits per heavy atom. The van der Waals surface area contributed by atoms with Crippen molar-refractivity contribution in [2.24, 2.45) is 0 Å². The lowest BCUT2D eigenvalue weighted by Crippen LogP contribution is -2.44. The fraction of sp³-hybridized carbons (Fsp3) is 0.500. The van der Waals surface area contributed by atoms with Gasteiger partial charge in [-0.3, -0.25) is 0 Å². The third-order valence-electron chi connectivity index (χ3n) is 3.77. The molecule has 0 aliphatic heterocycles. The van der Waals surface area contributed by atoms with Crippen LogP contribution in [0.3, 0.4) is 0 Å². The van der Waals surface area contributed by atoms with E-state index < -0.39 is 21.5 Å². The van der Waals surface area contributed by atoms with E-state index in [4.69, 9.17) is 5.73 Å². The molecule has 0 atom stereocenters. The van der Waals surface area contributed by atoms with Gasteiger partial charge in [0.05, 0.1) is 17.6 Å². The molecular weight excluding hydrogens is 292 g/mol. The lowest BCUT2D eigenvalue weighted by Gasteiger charge is -2.34. The number of hydrogen-bond donors (Lipinski definition) is 1. The van der Waals surface area contributed by atoms with E-state index in [0.717, 1.165) is 0 Å². The number of hydrogen-bond acceptors (Lipinski definition) is 5. The van der Waals surface area contributed by atoms with Gasteiger partial charge in [0.25, 0.3) is 0 Å². The van der Waals surface area contributed by atoms with Gasteiger partial charge in [0, 0.05) is 18.3 Å². The Kier molecular flexibility index (Phi) is 5.01. The number of methoxy groups -OCH3 is 1. The number of esters is 1. The molecule has 0 saturated heterocycles. The maximum Gasteiger partial charge on any atom is 0.339 e. The molecule has 0 aromatic heterocycles. The highest BCUT2D eigenvalue weighted by Crippen LogP contribution is 2.28. The molecule has 0 spiro atoms. The molecule has 2 N–H and O–H groups in total. The van der Waals surface area contributed by atoms with Crippen LogP contribution in [0.1, 0.15) is 37.6 Å². The lowest BCUT2D eigenvalue weighted by molar-refractivity contribution is 0.0596. The van der Waals surface area contributed by atoms with E-state index in [-0.39, 0.29) is 10.5 Å². The molecule has 1 aromatic carbocycles. The van der Waals surface area contributed by atoms with Gasteiger partial charge in [-0.15, -0.1) is 0 Å². The molecule has 0 saturated carbocycles. The molecule has 0 fully saturated rings. The van der Waals surface area contributed by atoms with Crippen molar-refractivity contribution in [2.75, 3.05) is 19.9 Å². The minimum atomic E-state index is -3.83. The summed E-state index contributed by atoms with van der Waals surface area (Å²) in [4.78, 5) is 11.7. The molecular formula is C14H22N2O4S. The van der Waals surface area contributed by atoms with Gasteiger partial charge in [-0.2, -0.15) is 4.31 Å². The summed E-state index contributed by atoms with van der Waals surface area (Å²) in [6, 6.07) is 4.09. The Balaban J connectivity index is 3.49. The van der Waals surface area contributed by atoms with Crippen LogP contribution in [-0.2, 0) is 14.8 Å². The summed E-state index contributed by atoms with van der Waals surface area (Å²) in [6.45, 7) is 5.54. The van der Waals surface area contributed by atoms with Crippen molar-refractivity contribution in [3.05, 3.63) is 23.8 Å². The molecule has 0 unspecified atom stereocenters.